The first-order valence-corrected chi connectivity index (χ1v) is 8.88. The highest BCUT2D eigenvalue weighted by Gasteiger charge is 2.28. The van der Waals surface area contributed by atoms with E-state index in [1.807, 2.05) is 18.3 Å². The SMILES string of the molecule is CCc1ccc(C(c2cc(OC)ccc2OC)N2CCNCC2)nc1. The molecule has 0 bridgehead atoms. The zero-order valence-electron chi connectivity index (χ0n) is 15.3. The summed E-state index contributed by atoms with van der Waals surface area (Å²) in [4.78, 5) is 7.23. The first-order valence-electron chi connectivity index (χ1n) is 8.88. The van der Waals surface area contributed by atoms with Crippen molar-refractivity contribution in [2.24, 2.45) is 0 Å². The van der Waals surface area contributed by atoms with Crippen molar-refractivity contribution in [3.8, 4) is 11.5 Å². The fraction of sp³-hybridized carbons (Fsp3) is 0.450. The minimum absolute atomic E-state index is 0.0538. The Hall–Kier alpha value is -2.11. The molecule has 2 heterocycles. The molecule has 1 N–H and O–H groups in total. The Bertz CT molecular complexity index is 682. The normalized spacial score (nSPS) is 16.4. The van der Waals surface area contributed by atoms with Crippen LogP contribution in [0.4, 0.5) is 0 Å². The average molecular weight is 341 g/mol. The van der Waals surface area contributed by atoms with Gasteiger partial charge in [0.1, 0.15) is 11.5 Å². The Morgan fingerprint density at radius 2 is 1.92 bits per heavy atom. The molecule has 0 amide bonds. The van der Waals surface area contributed by atoms with E-state index in [9.17, 15) is 0 Å². The Balaban J connectivity index is 2.06. The van der Waals surface area contributed by atoms with Crippen LogP contribution in [-0.2, 0) is 6.42 Å². The van der Waals surface area contributed by atoms with Crippen LogP contribution in [0, 0.1) is 0 Å². The van der Waals surface area contributed by atoms with Crippen LogP contribution >= 0.6 is 0 Å². The molecular weight excluding hydrogens is 314 g/mol. The fourth-order valence-corrected chi connectivity index (χ4v) is 3.34. The molecule has 1 aromatic carbocycles. The van der Waals surface area contributed by atoms with Gasteiger partial charge < -0.3 is 14.8 Å². The Kier molecular flexibility index (Phi) is 5.89. The molecule has 25 heavy (non-hydrogen) atoms. The van der Waals surface area contributed by atoms with Crippen molar-refractivity contribution in [3.63, 3.8) is 0 Å². The van der Waals surface area contributed by atoms with Gasteiger partial charge in [0.15, 0.2) is 0 Å². The Labute approximate surface area is 150 Å². The molecule has 3 rings (SSSR count). The van der Waals surface area contributed by atoms with Crippen molar-refractivity contribution >= 4 is 0 Å². The number of benzene rings is 1. The van der Waals surface area contributed by atoms with Gasteiger partial charge in [-0.3, -0.25) is 9.88 Å². The number of nitrogens with one attached hydrogen (secondary N) is 1. The third-order valence-electron chi connectivity index (χ3n) is 4.78. The maximum Gasteiger partial charge on any atom is 0.124 e. The second-order valence-corrected chi connectivity index (χ2v) is 6.24. The molecule has 0 radical (unpaired) electrons. The van der Waals surface area contributed by atoms with Crippen molar-refractivity contribution < 1.29 is 9.47 Å². The quantitative estimate of drug-likeness (QED) is 0.875. The van der Waals surface area contributed by atoms with Crippen molar-refractivity contribution in [2.75, 3.05) is 40.4 Å². The molecule has 1 saturated heterocycles. The van der Waals surface area contributed by atoms with Crippen LogP contribution in [-0.4, -0.2) is 50.3 Å². The molecule has 0 aliphatic carbocycles. The Morgan fingerprint density at radius 3 is 2.52 bits per heavy atom. The first-order chi connectivity index (χ1) is 12.3. The van der Waals surface area contributed by atoms with Crippen LogP contribution in [0.25, 0.3) is 0 Å². The van der Waals surface area contributed by atoms with Gasteiger partial charge in [0, 0.05) is 37.9 Å². The molecule has 1 unspecified atom stereocenters. The molecule has 134 valence electrons. The number of pyridine rings is 1. The van der Waals surface area contributed by atoms with Crippen molar-refractivity contribution in [3.05, 3.63) is 53.3 Å². The molecule has 0 saturated carbocycles. The van der Waals surface area contributed by atoms with Crippen LogP contribution in [0.3, 0.4) is 0 Å². The topological polar surface area (TPSA) is 46.6 Å². The van der Waals surface area contributed by atoms with Crippen LogP contribution in [0.15, 0.2) is 36.5 Å². The molecule has 5 nitrogen and oxygen atoms in total. The molecule has 0 spiro atoms. The minimum Gasteiger partial charge on any atom is -0.497 e. The van der Waals surface area contributed by atoms with E-state index in [-0.39, 0.29) is 6.04 Å². The van der Waals surface area contributed by atoms with Gasteiger partial charge >= 0.3 is 0 Å². The number of hydrogen-bond donors (Lipinski definition) is 1. The number of aromatic nitrogens is 1. The molecule has 1 atom stereocenters. The number of aryl methyl sites for hydroxylation is 1. The molecule has 1 fully saturated rings. The average Bonchev–Trinajstić information content (AvgIpc) is 2.69. The fourth-order valence-electron chi connectivity index (χ4n) is 3.34. The molecule has 1 aromatic heterocycles. The number of rotatable bonds is 6. The lowest BCUT2D eigenvalue weighted by atomic mass is 9.98. The summed E-state index contributed by atoms with van der Waals surface area (Å²) < 4.78 is 11.1. The second kappa shape index (κ2) is 8.32. The summed E-state index contributed by atoms with van der Waals surface area (Å²) in [5.74, 6) is 1.70. The lowest BCUT2D eigenvalue weighted by Gasteiger charge is -2.35. The van der Waals surface area contributed by atoms with E-state index in [4.69, 9.17) is 14.5 Å². The van der Waals surface area contributed by atoms with E-state index in [2.05, 4.69) is 35.3 Å². The largest absolute Gasteiger partial charge is 0.497 e. The summed E-state index contributed by atoms with van der Waals surface area (Å²) in [7, 11) is 3.41. The lowest BCUT2D eigenvalue weighted by molar-refractivity contribution is 0.192. The maximum atomic E-state index is 5.66. The number of ether oxygens (including phenoxy) is 2. The highest BCUT2D eigenvalue weighted by atomic mass is 16.5. The predicted octanol–water partition coefficient (Wildman–Crippen LogP) is 2.66. The summed E-state index contributed by atoms with van der Waals surface area (Å²) in [6.45, 7) is 6.06. The van der Waals surface area contributed by atoms with Crippen LogP contribution in [0.2, 0.25) is 0 Å². The van der Waals surface area contributed by atoms with Crippen molar-refractivity contribution in [2.45, 2.75) is 19.4 Å². The number of nitrogens with zero attached hydrogens (tertiary/aromatic N) is 2. The van der Waals surface area contributed by atoms with Gasteiger partial charge in [0.25, 0.3) is 0 Å². The van der Waals surface area contributed by atoms with Gasteiger partial charge in [0.05, 0.1) is 26.0 Å². The number of piperazine rings is 1. The van der Waals surface area contributed by atoms with E-state index in [0.29, 0.717) is 0 Å². The van der Waals surface area contributed by atoms with E-state index in [1.54, 1.807) is 14.2 Å². The zero-order chi connectivity index (χ0) is 17.6. The van der Waals surface area contributed by atoms with Crippen LogP contribution in [0.1, 0.15) is 29.8 Å². The lowest BCUT2D eigenvalue weighted by Crippen LogP contribution is -2.45. The smallest absolute Gasteiger partial charge is 0.124 e. The second-order valence-electron chi connectivity index (χ2n) is 6.24. The molecule has 1 aliphatic rings. The molecule has 1 aliphatic heterocycles. The van der Waals surface area contributed by atoms with E-state index >= 15 is 0 Å². The molecule has 2 aromatic rings. The monoisotopic (exact) mass is 341 g/mol. The van der Waals surface area contributed by atoms with Gasteiger partial charge in [-0.1, -0.05) is 13.0 Å². The van der Waals surface area contributed by atoms with E-state index in [0.717, 1.165) is 55.4 Å². The Morgan fingerprint density at radius 1 is 1.12 bits per heavy atom. The van der Waals surface area contributed by atoms with Gasteiger partial charge in [-0.15, -0.1) is 0 Å². The van der Waals surface area contributed by atoms with Gasteiger partial charge in [0.2, 0.25) is 0 Å². The predicted molar refractivity (Wildman–Crippen MR) is 99.4 cm³/mol. The first kappa shape index (κ1) is 17.7. The number of hydrogen-bond acceptors (Lipinski definition) is 5. The van der Waals surface area contributed by atoms with Crippen LogP contribution < -0.4 is 14.8 Å². The molecule has 5 heteroatoms. The third-order valence-corrected chi connectivity index (χ3v) is 4.78. The molecular formula is C20H27N3O2. The zero-order valence-corrected chi connectivity index (χ0v) is 15.3. The van der Waals surface area contributed by atoms with Crippen molar-refractivity contribution in [1.82, 2.24) is 15.2 Å². The highest BCUT2D eigenvalue weighted by molar-refractivity contribution is 5.45. The standard InChI is InChI=1S/C20H27N3O2/c1-4-15-5-7-18(22-14-15)20(23-11-9-21-10-12-23)17-13-16(24-2)6-8-19(17)25-3/h5-8,13-14,20-21H,4,9-12H2,1-3H3. The van der Waals surface area contributed by atoms with Crippen LogP contribution in [0.5, 0.6) is 11.5 Å². The van der Waals surface area contributed by atoms with Gasteiger partial charge in [-0.05, 0) is 36.2 Å². The van der Waals surface area contributed by atoms with Crippen molar-refractivity contribution in [1.29, 1.82) is 0 Å². The van der Waals surface area contributed by atoms with E-state index < -0.39 is 0 Å². The van der Waals surface area contributed by atoms with Gasteiger partial charge in [-0.2, -0.15) is 0 Å². The van der Waals surface area contributed by atoms with E-state index in [1.165, 1.54) is 5.56 Å². The summed E-state index contributed by atoms with van der Waals surface area (Å²) in [5.41, 5.74) is 3.39. The highest BCUT2D eigenvalue weighted by Crippen LogP contribution is 2.36. The number of methoxy groups -OCH3 is 2. The summed E-state index contributed by atoms with van der Waals surface area (Å²) in [6.07, 6.45) is 2.98. The van der Waals surface area contributed by atoms with Gasteiger partial charge in [-0.25, -0.2) is 0 Å². The summed E-state index contributed by atoms with van der Waals surface area (Å²) in [5, 5.41) is 3.42. The summed E-state index contributed by atoms with van der Waals surface area (Å²) in [6, 6.07) is 10.3. The minimum atomic E-state index is 0.0538. The third kappa shape index (κ3) is 3.94. The maximum absolute atomic E-state index is 5.66. The summed E-state index contributed by atoms with van der Waals surface area (Å²) >= 11 is 0.